The molecule has 1 aliphatic carbocycles. The second-order valence-corrected chi connectivity index (χ2v) is 26.0. The summed E-state index contributed by atoms with van der Waals surface area (Å²) in [7, 11) is 0. The van der Waals surface area contributed by atoms with Crippen molar-refractivity contribution in [3.05, 3.63) is 92.7 Å². The summed E-state index contributed by atoms with van der Waals surface area (Å²) in [5.74, 6) is -1.99. The molecule has 0 unspecified atom stereocenters. The Labute approximate surface area is 506 Å². The highest BCUT2D eigenvalue weighted by Crippen LogP contribution is 2.56. The van der Waals surface area contributed by atoms with E-state index in [0.717, 1.165) is 133 Å². The third-order valence-electron chi connectivity index (χ3n) is 17.4. The number of hydrogen-bond acceptors (Lipinski definition) is 8. The van der Waals surface area contributed by atoms with Crippen LogP contribution in [0.4, 0.5) is 9.59 Å². The lowest BCUT2D eigenvalue weighted by molar-refractivity contribution is -0.137. The van der Waals surface area contributed by atoms with Crippen LogP contribution >= 0.6 is 22.7 Å². The van der Waals surface area contributed by atoms with Crippen molar-refractivity contribution in [2.75, 3.05) is 26.2 Å². The fourth-order valence-electron chi connectivity index (χ4n) is 12.6. The number of benzene rings is 2. The number of urea groups is 2. The van der Waals surface area contributed by atoms with Gasteiger partial charge in [-0.1, -0.05) is 220 Å². The second kappa shape index (κ2) is 33.3. The summed E-state index contributed by atoms with van der Waals surface area (Å²) in [6, 6.07) is 21.2. The van der Waals surface area contributed by atoms with E-state index in [1.165, 1.54) is 106 Å². The highest BCUT2D eigenvalue weighted by atomic mass is 32.1. The van der Waals surface area contributed by atoms with Gasteiger partial charge in [0.1, 0.15) is 11.1 Å². The molecule has 450 valence electrons. The molecule has 0 saturated carbocycles. The topological polar surface area (TPSA) is 115 Å². The number of unbranched alkanes of at least 4 members (excludes halogenated alkanes) is 22. The van der Waals surface area contributed by atoms with E-state index in [1.54, 1.807) is 34.8 Å². The van der Waals surface area contributed by atoms with Crippen LogP contribution in [-0.2, 0) is 24.6 Å². The van der Waals surface area contributed by atoms with Gasteiger partial charge in [0, 0.05) is 51.1 Å². The molecular formula is C71H98N4O6S2. The Morgan fingerprint density at radius 3 is 0.952 bits per heavy atom. The average Bonchev–Trinajstić information content (AvgIpc) is 2.00. The lowest BCUT2D eigenvalue weighted by Gasteiger charge is -2.34. The van der Waals surface area contributed by atoms with Gasteiger partial charge in [-0.25, -0.2) is 9.59 Å². The van der Waals surface area contributed by atoms with E-state index in [0.29, 0.717) is 51.9 Å². The molecule has 10 nitrogen and oxygen atoms in total. The van der Waals surface area contributed by atoms with Crippen LogP contribution in [0.5, 0.6) is 0 Å². The van der Waals surface area contributed by atoms with Gasteiger partial charge in [-0.15, -0.1) is 22.7 Å². The first-order chi connectivity index (χ1) is 40.5. The number of barbiturate groups is 2. The molecule has 0 bridgehead atoms. The summed E-state index contributed by atoms with van der Waals surface area (Å²) in [5, 5.41) is 0. The molecule has 4 heterocycles. The van der Waals surface area contributed by atoms with E-state index in [-0.39, 0.29) is 16.6 Å². The summed E-state index contributed by atoms with van der Waals surface area (Å²) in [4.78, 5) is 93.0. The van der Waals surface area contributed by atoms with Crippen LogP contribution in [-0.4, -0.2) is 81.5 Å². The normalized spacial score (nSPS) is 15.2. The lowest BCUT2D eigenvalue weighted by atomic mass is 9.70. The quantitative estimate of drug-likeness (QED) is 0.0251. The minimum Gasteiger partial charge on any atom is -0.268 e. The van der Waals surface area contributed by atoms with Crippen molar-refractivity contribution in [3.8, 4) is 32.0 Å². The predicted octanol–water partition coefficient (Wildman–Crippen LogP) is 19.6. The van der Waals surface area contributed by atoms with Crippen molar-refractivity contribution in [2.24, 2.45) is 0 Å². The van der Waals surface area contributed by atoms with E-state index in [4.69, 9.17) is 0 Å². The summed E-state index contributed by atoms with van der Waals surface area (Å²) < 4.78 is 0. The van der Waals surface area contributed by atoms with Crippen molar-refractivity contribution >= 4 is 70.5 Å². The molecule has 83 heavy (non-hydrogen) atoms. The average molecular weight is 1170 g/mol. The molecule has 4 aromatic rings. The van der Waals surface area contributed by atoms with Gasteiger partial charge in [0.2, 0.25) is 0 Å². The number of amides is 8. The van der Waals surface area contributed by atoms with Gasteiger partial charge in [-0.3, -0.25) is 38.8 Å². The Morgan fingerprint density at radius 2 is 0.639 bits per heavy atom. The molecule has 2 aromatic heterocycles. The number of carbonyl (C=O) groups excluding carboxylic acids is 6. The first kappa shape index (κ1) is 65.1. The van der Waals surface area contributed by atoms with Gasteiger partial charge in [0.05, 0.1) is 0 Å². The van der Waals surface area contributed by atoms with Crippen molar-refractivity contribution in [2.45, 2.75) is 240 Å². The largest absolute Gasteiger partial charge is 0.333 e. The molecule has 2 fully saturated rings. The molecule has 0 radical (unpaired) electrons. The Bertz CT molecular complexity index is 2610. The number of nitrogens with zero attached hydrogens (tertiary/aromatic N) is 4. The molecule has 0 N–H and O–H groups in total. The number of carbonyl (C=O) groups is 6. The summed E-state index contributed by atoms with van der Waals surface area (Å²) in [6.07, 6.45) is 34.8. The third kappa shape index (κ3) is 16.5. The molecule has 2 aliphatic heterocycles. The van der Waals surface area contributed by atoms with Gasteiger partial charge >= 0.3 is 12.1 Å². The van der Waals surface area contributed by atoms with E-state index in [9.17, 15) is 28.8 Å². The summed E-state index contributed by atoms with van der Waals surface area (Å²) in [5.41, 5.74) is 7.37. The van der Waals surface area contributed by atoms with Crippen LogP contribution in [0.15, 0.2) is 71.8 Å². The maximum Gasteiger partial charge on any atom is 0.333 e. The lowest BCUT2D eigenvalue weighted by Crippen LogP contribution is -2.56. The van der Waals surface area contributed by atoms with Crippen LogP contribution < -0.4 is 0 Å². The number of fused-ring (bicyclic) bond motifs is 3. The molecule has 3 aliphatic rings. The minimum absolute atomic E-state index is 0.0580. The Balaban J connectivity index is 1.24. The summed E-state index contributed by atoms with van der Waals surface area (Å²) >= 11 is 3.16. The van der Waals surface area contributed by atoms with Crippen molar-refractivity contribution < 1.29 is 28.8 Å². The van der Waals surface area contributed by atoms with Gasteiger partial charge in [0.25, 0.3) is 23.6 Å². The van der Waals surface area contributed by atoms with E-state index in [2.05, 4.69) is 90.1 Å². The molecule has 0 spiro atoms. The first-order valence-corrected chi connectivity index (χ1v) is 34.4. The fourth-order valence-corrected chi connectivity index (χ4v) is 14.5. The Morgan fingerprint density at radius 1 is 0.349 bits per heavy atom. The maximum absolute atomic E-state index is 14.1. The van der Waals surface area contributed by atoms with Gasteiger partial charge in [0.15, 0.2) is 0 Å². The number of hydrogen-bond donors (Lipinski definition) is 0. The summed E-state index contributed by atoms with van der Waals surface area (Å²) in [6.45, 7) is 14.3. The van der Waals surface area contributed by atoms with Crippen molar-refractivity contribution in [3.63, 3.8) is 0 Å². The van der Waals surface area contributed by atoms with Crippen LogP contribution in [0, 0.1) is 0 Å². The molecule has 2 saturated heterocycles. The number of imide groups is 4. The van der Waals surface area contributed by atoms with Crippen LogP contribution in [0.1, 0.15) is 255 Å². The van der Waals surface area contributed by atoms with E-state index < -0.39 is 35.7 Å². The van der Waals surface area contributed by atoms with Gasteiger partial charge < -0.3 is 0 Å². The Hall–Kier alpha value is -5.46. The van der Waals surface area contributed by atoms with Crippen LogP contribution in [0.3, 0.4) is 0 Å². The fraction of sp³-hybridized carbons (Fsp3) is 0.577. The van der Waals surface area contributed by atoms with Crippen LogP contribution in [0.2, 0.25) is 0 Å². The van der Waals surface area contributed by atoms with Gasteiger partial charge in [-0.2, -0.15) is 0 Å². The smallest absolute Gasteiger partial charge is 0.268 e. The maximum atomic E-state index is 14.1. The zero-order valence-corrected chi connectivity index (χ0v) is 53.2. The first-order valence-electron chi connectivity index (χ1n) is 32.7. The highest BCUT2D eigenvalue weighted by molar-refractivity contribution is 7.16. The van der Waals surface area contributed by atoms with E-state index >= 15 is 0 Å². The highest BCUT2D eigenvalue weighted by Gasteiger charge is 2.45. The molecule has 12 heteroatoms. The van der Waals surface area contributed by atoms with Gasteiger partial charge in [-0.05, 0) is 120 Å². The van der Waals surface area contributed by atoms with Crippen LogP contribution in [0.25, 0.3) is 44.2 Å². The molecule has 2 aromatic carbocycles. The van der Waals surface area contributed by atoms with Crippen molar-refractivity contribution in [1.82, 2.24) is 19.6 Å². The zero-order chi connectivity index (χ0) is 59.1. The predicted molar refractivity (Wildman–Crippen MR) is 345 cm³/mol. The van der Waals surface area contributed by atoms with E-state index in [1.807, 2.05) is 12.1 Å². The SMILES string of the molecule is CCCCCCCCC1(CCCCCCCC)c2cc(-c3ccc(C=C4C(=O)N(CCCCCC)C(=O)N(CCCCCC)C4=O)s3)ccc2-c2ccc(-c3ccc(C=C4C(=O)N(CCCCCC)C(=O)N(CCCCCC)C4=O)s3)cc21. The standard InChI is InChI=1S/C71H98N4O6S2/c1-7-13-19-25-27-29-43-71(44-30-28-26-20-14-8-2)61-49-53(63-41-37-55(82-63)51-59-65(76)72(45-31-21-15-9-3)69(80)73(66(59)77)46-32-22-16-10-4)35-39-57(61)58-40-36-54(50-62(58)71)64-42-38-56(83-64)52-60-67(78)74(47-33-23-17-11-5)70(81)75(68(60)79)48-34-24-18-12-6/h35-42,49-52H,7-34,43-48H2,1-6H3. The monoisotopic (exact) mass is 1170 g/mol. The molecule has 0 atom stereocenters. The molecular weight excluding hydrogens is 1070 g/mol. The zero-order valence-electron chi connectivity index (χ0n) is 51.5. The third-order valence-corrected chi connectivity index (χ3v) is 19.6. The molecule has 7 rings (SSSR count). The minimum atomic E-state index is -0.498. The van der Waals surface area contributed by atoms with Crippen molar-refractivity contribution in [1.29, 1.82) is 0 Å². The molecule has 8 amide bonds. The number of thiophene rings is 2. The number of rotatable bonds is 38. The Kier molecular flexibility index (Phi) is 26.1. The second-order valence-electron chi connectivity index (χ2n) is 23.8.